The summed E-state index contributed by atoms with van der Waals surface area (Å²) in [5.41, 5.74) is 2.66. The van der Waals surface area contributed by atoms with Gasteiger partial charge >= 0.3 is 0 Å². The third-order valence-corrected chi connectivity index (χ3v) is 2.08. The van der Waals surface area contributed by atoms with Gasteiger partial charge in [0.05, 0.1) is 0 Å². The van der Waals surface area contributed by atoms with Crippen LogP contribution in [0.2, 0.25) is 0 Å². The molecule has 0 aliphatic heterocycles. The van der Waals surface area contributed by atoms with Crippen molar-refractivity contribution in [2.75, 3.05) is 0 Å². The quantitative estimate of drug-likeness (QED) is 0.643. The maximum absolute atomic E-state index is 8.00. The van der Waals surface area contributed by atoms with E-state index in [1.165, 1.54) is 24.0 Å². The summed E-state index contributed by atoms with van der Waals surface area (Å²) >= 11 is 0. The van der Waals surface area contributed by atoms with E-state index in [1.54, 1.807) is 0 Å². The Bertz CT molecular complexity index is 218. The third-order valence-electron chi connectivity index (χ3n) is 2.08. The largest absolute Gasteiger partial charge is 0.358 e. The Morgan fingerprint density at radius 1 is 1.00 bits per heavy atom. The minimum Gasteiger partial charge on any atom is -0.358 e. The Balaban J connectivity index is -0.000000183. The topological polar surface area (TPSA) is 17.1 Å². The van der Waals surface area contributed by atoms with Crippen molar-refractivity contribution < 1.29 is 23.4 Å². The number of carbonyl (C=O) groups excluding carboxylic acids is 1. The average molecular weight is 258 g/mol. The van der Waals surface area contributed by atoms with Crippen molar-refractivity contribution in [1.82, 2.24) is 0 Å². The molecule has 0 spiro atoms. The zero-order valence-corrected chi connectivity index (χ0v) is 12.3. The molecule has 0 saturated heterocycles. The van der Waals surface area contributed by atoms with Crippen molar-refractivity contribution in [2.45, 2.75) is 33.6 Å². The Morgan fingerprint density at radius 2 is 1.19 bits per heavy atom. The summed E-state index contributed by atoms with van der Waals surface area (Å²) in [6.45, 7) is 8.47. The van der Waals surface area contributed by atoms with Crippen molar-refractivity contribution in [3.8, 4) is 0 Å². The molecule has 0 unspecified atom stereocenters. The first-order chi connectivity index (χ1) is 6.68. The first-order valence-electron chi connectivity index (χ1n) is 5.00. The summed E-state index contributed by atoms with van der Waals surface area (Å²) in [4.78, 5) is 8.00. The molecular formula is C14H23OV-. The molecule has 0 aromatic heterocycles. The van der Waals surface area contributed by atoms with Gasteiger partial charge in [0.25, 0.3) is 0 Å². The maximum atomic E-state index is 8.00. The van der Waals surface area contributed by atoms with Crippen LogP contribution in [0.25, 0.3) is 0 Å². The van der Waals surface area contributed by atoms with E-state index in [4.69, 9.17) is 4.79 Å². The van der Waals surface area contributed by atoms with Gasteiger partial charge in [0.15, 0.2) is 0 Å². The van der Waals surface area contributed by atoms with E-state index in [0.29, 0.717) is 0 Å². The second-order valence-corrected chi connectivity index (χ2v) is 3.84. The van der Waals surface area contributed by atoms with Crippen molar-refractivity contribution in [2.24, 2.45) is 5.92 Å². The maximum Gasteiger partial charge on any atom is 0.106 e. The van der Waals surface area contributed by atoms with E-state index in [-0.39, 0.29) is 26.0 Å². The summed E-state index contributed by atoms with van der Waals surface area (Å²) in [5, 5.41) is 0. The predicted octanol–water partition coefficient (Wildman–Crippen LogP) is 3.98. The summed E-state index contributed by atoms with van der Waals surface area (Å²) < 4.78 is 0. The zero-order valence-electron chi connectivity index (χ0n) is 10.9. The summed E-state index contributed by atoms with van der Waals surface area (Å²) in [6, 6.07) is 8.48. The van der Waals surface area contributed by atoms with Crippen LogP contribution in [0.5, 0.6) is 0 Å². The van der Waals surface area contributed by atoms with Crippen LogP contribution in [-0.4, -0.2) is 6.79 Å². The fourth-order valence-electron chi connectivity index (χ4n) is 0.804. The molecule has 2 rings (SSSR count). The van der Waals surface area contributed by atoms with Crippen LogP contribution >= 0.6 is 0 Å². The smallest absolute Gasteiger partial charge is 0.106 e. The SMILES string of the molecule is C=O.CC1CC1.Cc1ccc(C)cc1.[CH3-].[V]. The predicted molar refractivity (Wildman–Crippen MR) is 67.8 cm³/mol. The molecule has 16 heavy (non-hydrogen) atoms. The van der Waals surface area contributed by atoms with Crippen LogP contribution in [0.4, 0.5) is 0 Å². The molecular weight excluding hydrogens is 235 g/mol. The van der Waals surface area contributed by atoms with Crippen LogP contribution < -0.4 is 0 Å². The van der Waals surface area contributed by atoms with Crippen molar-refractivity contribution >= 4 is 6.79 Å². The Hall–Kier alpha value is -0.526. The van der Waals surface area contributed by atoms with Gasteiger partial charge in [-0.3, -0.25) is 0 Å². The fourth-order valence-corrected chi connectivity index (χ4v) is 0.804. The molecule has 1 aliphatic carbocycles. The van der Waals surface area contributed by atoms with Crippen LogP contribution in [0.1, 0.15) is 30.9 Å². The molecule has 1 aromatic rings. The van der Waals surface area contributed by atoms with Crippen LogP contribution in [0.15, 0.2) is 24.3 Å². The average Bonchev–Trinajstić information content (AvgIpc) is 2.98. The molecule has 1 aliphatic rings. The molecule has 0 heterocycles. The van der Waals surface area contributed by atoms with Crippen molar-refractivity contribution in [3.05, 3.63) is 42.8 Å². The van der Waals surface area contributed by atoms with Gasteiger partial charge in [-0.05, 0) is 19.8 Å². The number of carbonyl (C=O) groups is 1. The van der Waals surface area contributed by atoms with Gasteiger partial charge in [-0.25, -0.2) is 0 Å². The van der Waals surface area contributed by atoms with Gasteiger partial charge in [-0.15, -0.1) is 0 Å². The minimum atomic E-state index is 0. The molecule has 1 fully saturated rings. The molecule has 1 saturated carbocycles. The van der Waals surface area contributed by atoms with Crippen LogP contribution in [0, 0.1) is 27.2 Å². The van der Waals surface area contributed by atoms with Gasteiger partial charge in [-0.1, -0.05) is 55.2 Å². The van der Waals surface area contributed by atoms with Crippen LogP contribution in [0.3, 0.4) is 0 Å². The number of rotatable bonds is 0. The van der Waals surface area contributed by atoms with Crippen molar-refractivity contribution in [3.63, 3.8) is 0 Å². The second kappa shape index (κ2) is 12.5. The molecule has 0 N–H and O–H groups in total. The third kappa shape index (κ3) is 13.5. The number of hydrogen-bond donors (Lipinski definition) is 0. The summed E-state index contributed by atoms with van der Waals surface area (Å²) in [7, 11) is 0. The number of aryl methyl sites for hydroxylation is 2. The van der Waals surface area contributed by atoms with Gasteiger partial charge < -0.3 is 12.2 Å². The first-order valence-corrected chi connectivity index (χ1v) is 5.00. The monoisotopic (exact) mass is 258 g/mol. The van der Waals surface area contributed by atoms with E-state index in [9.17, 15) is 0 Å². The van der Waals surface area contributed by atoms with E-state index in [2.05, 4.69) is 45.0 Å². The van der Waals surface area contributed by atoms with Gasteiger partial charge in [-0.2, -0.15) is 0 Å². The fraction of sp³-hybridized carbons (Fsp3) is 0.429. The van der Waals surface area contributed by atoms with Crippen molar-refractivity contribution in [1.29, 1.82) is 0 Å². The molecule has 2 heteroatoms. The van der Waals surface area contributed by atoms with E-state index < -0.39 is 0 Å². The Morgan fingerprint density at radius 3 is 1.31 bits per heavy atom. The number of benzene rings is 1. The molecule has 0 atom stereocenters. The van der Waals surface area contributed by atoms with E-state index >= 15 is 0 Å². The van der Waals surface area contributed by atoms with Gasteiger partial charge in [0, 0.05) is 18.6 Å². The van der Waals surface area contributed by atoms with E-state index in [0.717, 1.165) is 5.92 Å². The molecule has 1 aromatic carbocycles. The van der Waals surface area contributed by atoms with Gasteiger partial charge in [0.2, 0.25) is 0 Å². The molecule has 0 bridgehead atoms. The summed E-state index contributed by atoms with van der Waals surface area (Å²) in [5.74, 6) is 1.08. The normalized spacial score (nSPS) is 11.4. The Kier molecular flexibility index (Phi) is 16.3. The van der Waals surface area contributed by atoms with Crippen LogP contribution in [-0.2, 0) is 23.4 Å². The zero-order chi connectivity index (χ0) is 11.0. The standard InChI is InChI=1S/C8H10.C4H8.CH2O.CH3.V/c1-7-3-5-8(2)6-4-7;1-4-2-3-4;1-2;;/h3-6H,1-2H3;4H,2-3H2,1H3;1H2;1H3;/q;;;-1;. The van der Waals surface area contributed by atoms with E-state index in [1.807, 2.05) is 6.79 Å². The summed E-state index contributed by atoms with van der Waals surface area (Å²) in [6.07, 6.45) is 2.97. The minimum absolute atomic E-state index is 0. The molecule has 1 radical (unpaired) electrons. The molecule has 1 nitrogen and oxygen atoms in total. The first kappa shape index (κ1) is 20.8. The molecule has 0 amide bonds. The number of hydrogen-bond acceptors (Lipinski definition) is 1. The molecule has 91 valence electrons. The van der Waals surface area contributed by atoms with Gasteiger partial charge in [0.1, 0.15) is 6.79 Å². The Labute approximate surface area is 113 Å². The second-order valence-electron chi connectivity index (χ2n) is 3.84.